The highest BCUT2D eigenvalue weighted by Crippen LogP contribution is 2.37. The zero-order chi connectivity index (χ0) is 21.9. The molecule has 5 heteroatoms. The van der Waals surface area contributed by atoms with Crippen LogP contribution in [0.25, 0.3) is 11.1 Å². The molecule has 30 heavy (non-hydrogen) atoms. The molecule has 0 bridgehead atoms. The Balaban J connectivity index is 1.80. The summed E-state index contributed by atoms with van der Waals surface area (Å²) in [5, 5.41) is 0. The van der Waals surface area contributed by atoms with E-state index in [-0.39, 0.29) is 23.5 Å². The molecule has 1 aliphatic rings. The fourth-order valence-electron chi connectivity index (χ4n) is 4.35. The summed E-state index contributed by atoms with van der Waals surface area (Å²) < 4.78 is 14.1. The number of carbonyl (C=O) groups excluding carboxylic acids is 2. The van der Waals surface area contributed by atoms with Gasteiger partial charge in [0.15, 0.2) is 0 Å². The summed E-state index contributed by atoms with van der Waals surface area (Å²) >= 11 is 0. The minimum absolute atomic E-state index is 0.0343. The number of hydrogen-bond acceptors (Lipinski definition) is 2. The van der Waals surface area contributed by atoms with Gasteiger partial charge in [0, 0.05) is 38.7 Å². The molecule has 2 amide bonds. The van der Waals surface area contributed by atoms with Gasteiger partial charge in [0.25, 0.3) is 0 Å². The molecule has 0 unspecified atom stereocenters. The first kappa shape index (κ1) is 22.0. The maximum atomic E-state index is 14.1. The predicted octanol–water partition coefficient (Wildman–Crippen LogP) is 4.39. The Bertz CT molecular complexity index is 898. The van der Waals surface area contributed by atoms with E-state index >= 15 is 0 Å². The molecular formula is C25H31FN2O2. The SMILES string of the molecule is CC(C)C(=O)N1CCC(Cc2ccc(-c3ccccc3F)cc2)(C(=O)N(C)C)CC1. The van der Waals surface area contributed by atoms with Crippen LogP contribution in [-0.2, 0) is 16.0 Å². The Morgan fingerprint density at radius 2 is 1.63 bits per heavy atom. The molecule has 0 N–H and O–H groups in total. The lowest BCUT2D eigenvalue weighted by Crippen LogP contribution is -2.51. The molecule has 1 aliphatic heterocycles. The summed E-state index contributed by atoms with van der Waals surface area (Å²) in [5.41, 5.74) is 1.93. The summed E-state index contributed by atoms with van der Waals surface area (Å²) in [4.78, 5) is 29.1. The van der Waals surface area contributed by atoms with Crippen molar-refractivity contribution in [1.82, 2.24) is 9.80 Å². The smallest absolute Gasteiger partial charge is 0.228 e. The molecule has 1 fully saturated rings. The molecule has 1 saturated heterocycles. The van der Waals surface area contributed by atoms with E-state index in [1.54, 1.807) is 31.1 Å². The number of benzene rings is 2. The minimum atomic E-state index is -0.517. The van der Waals surface area contributed by atoms with Crippen LogP contribution in [0.2, 0.25) is 0 Å². The van der Waals surface area contributed by atoms with Gasteiger partial charge in [-0.05, 0) is 36.5 Å². The van der Waals surface area contributed by atoms with Gasteiger partial charge >= 0.3 is 0 Å². The third kappa shape index (κ3) is 4.55. The number of likely N-dealkylation sites (tertiary alicyclic amines) is 1. The average molecular weight is 411 g/mol. The Hall–Kier alpha value is -2.69. The highest BCUT2D eigenvalue weighted by Gasteiger charge is 2.43. The maximum Gasteiger partial charge on any atom is 0.228 e. The zero-order valence-electron chi connectivity index (χ0n) is 18.3. The van der Waals surface area contributed by atoms with Crippen LogP contribution in [0.4, 0.5) is 4.39 Å². The Kier molecular flexibility index (Phi) is 6.59. The van der Waals surface area contributed by atoms with E-state index in [0.717, 1.165) is 11.1 Å². The Morgan fingerprint density at radius 3 is 2.17 bits per heavy atom. The van der Waals surface area contributed by atoms with E-state index < -0.39 is 5.41 Å². The molecule has 4 nitrogen and oxygen atoms in total. The lowest BCUT2D eigenvalue weighted by Gasteiger charge is -2.42. The number of hydrogen-bond donors (Lipinski definition) is 0. The van der Waals surface area contributed by atoms with Gasteiger partial charge in [-0.15, -0.1) is 0 Å². The highest BCUT2D eigenvalue weighted by atomic mass is 19.1. The van der Waals surface area contributed by atoms with Crippen LogP contribution in [-0.4, -0.2) is 48.8 Å². The van der Waals surface area contributed by atoms with Gasteiger partial charge in [-0.1, -0.05) is 56.3 Å². The minimum Gasteiger partial charge on any atom is -0.348 e. The summed E-state index contributed by atoms with van der Waals surface area (Å²) in [7, 11) is 3.58. The van der Waals surface area contributed by atoms with Gasteiger partial charge in [0.2, 0.25) is 11.8 Å². The third-order valence-electron chi connectivity index (χ3n) is 6.07. The number of amides is 2. The van der Waals surface area contributed by atoms with Crippen LogP contribution in [0.1, 0.15) is 32.3 Å². The van der Waals surface area contributed by atoms with Crippen molar-refractivity contribution in [2.24, 2.45) is 11.3 Å². The van der Waals surface area contributed by atoms with Gasteiger partial charge in [-0.3, -0.25) is 9.59 Å². The van der Waals surface area contributed by atoms with Crippen molar-refractivity contribution in [2.75, 3.05) is 27.2 Å². The Morgan fingerprint density at radius 1 is 1.03 bits per heavy atom. The number of nitrogens with zero attached hydrogens (tertiary/aromatic N) is 2. The van der Waals surface area contributed by atoms with Crippen molar-refractivity contribution in [3.05, 3.63) is 59.9 Å². The molecule has 160 valence electrons. The summed E-state index contributed by atoms with van der Waals surface area (Å²) in [6, 6.07) is 14.5. The van der Waals surface area contributed by atoms with Crippen molar-refractivity contribution < 1.29 is 14.0 Å². The fourth-order valence-corrected chi connectivity index (χ4v) is 4.35. The topological polar surface area (TPSA) is 40.6 Å². The van der Waals surface area contributed by atoms with Crippen molar-refractivity contribution >= 4 is 11.8 Å². The van der Waals surface area contributed by atoms with Crippen molar-refractivity contribution in [3.63, 3.8) is 0 Å². The molecule has 3 rings (SSSR count). The monoisotopic (exact) mass is 410 g/mol. The van der Waals surface area contributed by atoms with Crippen LogP contribution in [0.3, 0.4) is 0 Å². The van der Waals surface area contributed by atoms with E-state index in [4.69, 9.17) is 0 Å². The standard InChI is InChI=1S/C25H31FN2O2/c1-18(2)23(29)28-15-13-25(14-16-28,24(30)27(3)4)17-19-9-11-20(12-10-19)21-7-5-6-8-22(21)26/h5-12,18H,13-17H2,1-4H3. The first-order valence-corrected chi connectivity index (χ1v) is 10.6. The summed E-state index contributed by atoms with van der Waals surface area (Å²) in [5.74, 6) is -0.0212. The average Bonchev–Trinajstić information content (AvgIpc) is 2.74. The molecular weight excluding hydrogens is 379 g/mol. The molecule has 0 radical (unpaired) electrons. The van der Waals surface area contributed by atoms with Gasteiger partial charge < -0.3 is 9.80 Å². The number of carbonyl (C=O) groups is 2. The summed E-state index contributed by atoms with van der Waals surface area (Å²) in [6.45, 7) is 5.02. The molecule has 0 spiro atoms. The lowest BCUT2D eigenvalue weighted by atomic mass is 9.72. The second kappa shape index (κ2) is 8.99. The molecule has 2 aromatic carbocycles. The largest absolute Gasteiger partial charge is 0.348 e. The van der Waals surface area contributed by atoms with Crippen LogP contribution in [0.5, 0.6) is 0 Å². The van der Waals surface area contributed by atoms with Crippen molar-refractivity contribution in [3.8, 4) is 11.1 Å². The normalized spacial score (nSPS) is 15.9. The number of rotatable bonds is 5. The van der Waals surface area contributed by atoms with Gasteiger partial charge in [-0.25, -0.2) is 4.39 Å². The molecule has 0 saturated carbocycles. The second-order valence-corrected chi connectivity index (χ2v) is 8.81. The molecule has 1 heterocycles. The first-order chi connectivity index (χ1) is 14.2. The van der Waals surface area contributed by atoms with Crippen molar-refractivity contribution in [1.29, 1.82) is 0 Å². The van der Waals surface area contributed by atoms with Crippen LogP contribution < -0.4 is 0 Å². The van der Waals surface area contributed by atoms with Crippen LogP contribution in [0, 0.1) is 17.2 Å². The highest BCUT2D eigenvalue weighted by molar-refractivity contribution is 5.84. The number of halogens is 1. The second-order valence-electron chi connectivity index (χ2n) is 8.81. The van der Waals surface area contributed by atoms with E-state index in [2.05, 4.69) is 0 Å². The number of piperidine rings is 1. The fraction of sp³-hybridized carbons (Fsp3) is 0.440. The van der Waals surface area contributed by atoms with E-state index in [9.17, 15) is 14.0 Å². The molecule has 0 aromatic heterocycles. The van der Waals surface area contributed by atoms with Crippen molar-refractivity contribution in [2.45, 2.75) is 33.1 Å². The quantitative estimate of drug-likeness (QED) is 0.734. The third-order valence-corrected chi connectivity index (χ3v) is 6.07. The zero-order valence-corrected chi connectivity index (χ0v) is 18.3. The van der Waals surface area contributed by atoms with Crippen LogP contribution >= 0.6 is 0 Å². The van der Waals surface area contributed by atoms with E-state index in [0.29, 0.717) is 37.9 Å². The Labute approximate surface area is 178 Å². The van der Waals surface area contributed by atoms with E-state index in [1.807, 2.05) is 49.1 Å². The van der Waals surface area contributed by atoms with Gasteiger partial charge in [0.05, 0.1) is 5.41 Å². The van der Waals surface area contributed by atoms with Gasteiger partial charge in [-0.2, -0.15) is 0 Å². The molecule has 0 atom stereocenters. The lowest BCUT2D eigenvalue weighted by molar-refractivity contribution is -0.147. The summed E-state index contributed by atoms with van der Waals surface area (Å²) in [6.07, 6.45) is 1.92. The predicted molar refractivity (Wildman–Crippen MR) is 117 cm³/mol. The van der Waals surface area contributed by atoms with Crippen LogP contribution in [0.15, 0.2) is 48.5 Å². The van der Waals surface area contributed by atoms with Gasteiger partial charge in [0.1, 0.15) is 5.82 Å². The maximum absolute atomic E-state index is 14.1. The molecule has 2 aromatic rings. The van der Waals surface area contributed by atoms with E-state index in [1.165, 1.54) is 6.07 Å². The molecule has 0 aliphatic carbocycles. The first-order valence-electron chi connectivity index (χ1n) is 10.6.